The summed E-state index contributed by atoms with van der Waals surface area (Å²) < 4.78 is 0. The molecule has 1 unspecified atom stereocenters. The second-order valence-corrected chi connectivity index (χ2v) is 6.97. The lowest BCUT2D eigenvalue weighted by atomic mass is 9.92. The monoisotopic (exact) mass is 284 g/mol. The van der Waals surface area contributed by atoms with Crippen molar-refractivity contribution in [2.75, 3.05) is 20.1 Å². The van der Waals surface area contributed by atoms with Crippen molar-refractivity contribution in [3.8, 4) is 0 Å². The van der Waals surface area contributed by atoms with Crippen LogP contribution in [0.2, 0.25) is 0 Å². The molecule has 1 saturated heterocycles. The van der Waals surface area contributed by atoms with E-state index in [0.717, 1.165) is 24.9 Å². The van der Waals surface area contributed by atoms with E-state index in [0.29, 0.717) is 0 Å². The van der Waals surface area contributed by atoms with Crippen LogP contribution in [0.5, 0.6) is 0 Å². The summed E-state index contributed by atoms with van der Waals surface area (Å²) in [7, 11) is 2.28. The Balaban J connectivity index is 1.71. The number of nitrogens with zero attached hydrogens (tertiary/aromatic N) is 2. The average Bonchev–Trinajstić information content (AvgIpc) is 2.51. The van der Waals surface area contributed by atoms with Crippen molar-refractivity contribution in [3.63, 3.8) is 0 Å². The highest BCUT2D eigenvalue weighted by atomic mass is 15.1. The number of hydrogen-bond acceptors (Lipinski definition) is 2. The normalized spacial score (nSPS) is 27.4. The smallest absolute Gasteiger partial charge is 0.0420 e. The molecule has 2 aliphatic rings. The van der Waals surface area contributed by atoms with E-state index in [4.69, 9.17) is 4.99 Å². The van der Waals surface area contributed by atoms with Gasteiger partial charge in [-0.15, -0.1) is 0 Å². The van der Waals surface area contributed by atoms with Gasteiger partial charge < -0.3 is 4.90 Å². The molecule has 2 nitrogen and oxygen atoms in total. The summed E-state index contributed by atoms with van der Waals surface area (Å²) in [5.41, 5.74) is 4.16. The molecule has 2 heterocycles. The first-order valence-electron chi connectivity index (χ1n) is 8.55. The third-order valence-corrected chi connectivity index (χ3v) is 5.12. The fourth-order valence-corrected chi connectivity index (χ4v) is 3.61. The van der Waals surface area contributed by atoms with Gasteiger partial charge in [0, 0.05) is 18.3 Å². The predicted octanol–water partition coefficient (Wildman–Crippen LogP) is 3.93. The van der Waals surface area contributed by atoms with Gasteiger partial charge in [0.05, 0.1) is 0 Å². The summed E-state index contributed by atoms with van der Waals surface area (Å²) in [6, 6.07) is 9.86. The van der Waals surface area contributed by atoms with Crippen LogP contribution >= 0.6 is 0 Å². The molecule has 0 aliphatic carbocycles. The third kappa shape index (κ3) is 3.74. The van der Waals surface area contributed by atoms with Crippen molar-refractivity contribution in [1.82, 2.24) is 4.90 Å². The summed E-state index contributed by atoms with van der Waals surface area (Å²) in [6.07, 6.45) is 7.72. The van der Waals surface area contributed by atoms with Crippen LogP contribution in [0.15, 0.2) is 29.3 Å². The summed E-state index contributed by atoms with van der Waals surface area (Å²) in [5, 5.41) is 0. The van der Waals surface area contributed by atoms with E-state index in [1.807, 2.05) is 0 Å². The van der Waals surface area contributed by atoms with Crippen molar-refractivity contribution < 1.29 is 0 Å². The number of aliphatic imine (C=N–C) groups is 1. The molecule has 2 atom stereocenters. The van der Waals surface area contributed by atoms with Gasteiger partial charge >= 0.3 is 0 Å². The molecule has 1 fully saturated rings. The molecular weight excluding hydrogens is 256 g/mol. The largest absolute Gasteiger partial charge is 0.303 e. The molecule has 0 aromatic heterocycles. The van der Waals surface area contributed by atoms with E-state index < -0.39 is 0 Å². The molecule has 0 N–H and O–H groups in total. The molecule has 21 heavy (non-hydrogen) atoms. The highest BCUT2D eigenvalue weighted by molar-refractivity contribution is 6.01. The van der Waals surface area contributed by atoms with E-state index in [-0.39, 0.29) is 0 Å². The Bertz CT molecular complexity index is 506. The van der Waals surface area contributed by atoms with E-state index in [2.05, 4.69) is 43.1 Å². The quantitative estimate of drug-likeness (QED) is 0.821. The SMILES string of the molecule is C[C@H]1CCC(c2cccc(CC3CCCCN3C)c2)=NC1. The standard InChI is InChI=1S/C19H28N2/c1-15-9-10-19(20-14-15)17-7-5-6-16(12-17)13-18-8-3-4-11-21(18)2/h5-7,12,15,18H,3-4,8-11,13-14H2,1-2H3/t15-,18?/m0/s1. The van der Waals surface area contributed by atoms with Crippen molar-refractivity contribution in [3.05, 3.63) is 35.4 Å². The molecule has 1 aromatic rings. The van der Waals surface area contributed by atoms with Crippen LogP contribution in [0.3, 0.4) is 0 Å². The van der Waals surface area contributed by atoms with E-state index in [9.17, 15) is 0 Å². The average molecular weight is 284 g/mol. The molecule has 2 heteroatoms. The number of benzene rings is 1. The molecule has 0 amide bonds. The van der Waals surface area contributed by atoms with Crippen LogP contribution in [-0.2, 0) is 6.42 Å². The zero-order chi connectivity index (χ0) is 14.7. The maximum atomic E-state index is 4.79. The van der Waals surface area contributed by atoms with Crippen LogP contribution in [0, 0.1) is 5.92 Å². The van der Waals surface area contributed by atoms with Crippen LogP contribution < -0.4 is 0 Å². The van der Waals surface area contributed by atoms with Gasteiger partial charge in [-0.25, -0.2) is 0 Å². The second kappa shape index (κ2) is 6.74. The van der Waals surface area contributed by atoms with Gasteiger partial charge in [0.1, 0.15) is 0 Å². The Hall–Kier alpha value is -1.15. The van der Waals surface area contributed by atoms with Crippen LogP contribution in [-0.4, -0.2) is 36.8 Å². The number of hydrogen-bond donors (Lipinski definition) is 0. The molecule has 2 aliphatic heterocycles. The maximum absolute atomic E-state index is 4.79. The summed E-state index contributed by atoms with van der Waals surface area (Å²) in [5.74, 6) is 0.757. The number of piperidine rings is 1. The van der Waals surface area contributed by atoms with Gasteiger partial charge in [-0.2, -0.15) is 0 Å². The minimum atomic E-state index is 0.724. The Morgan fingerprint density at radius 3 is 2.90 bits per heavy atom. The van der Waals surface area contributed by atoms with E-state index >= 15 is 0 Å². The molecule has 114 valence electrons. The Morgan fingerprint density at radius 1 is 1.24 bits per heavy atom. The first-order valence-corrected chi connectivity index (χ1v) is 8.55. The minimum absolute atomic E-state index is 0.724. The van der Waals surface area contributed by atoms with Crippen LogP contribution in [0.25, 0.3) is 0 Å². The number of likely N-dealkylation sites (tertiary alicyclic amines) is 1. The van der Waals surface area contributed by atoms with Gasteiger partial charge in [-0.05, 0) is 68.8 Å². The predicted molar refractivity (Wildman–Crippen MR) is 90.2 cm³/mol. The summed E-state index contributed by atoms with van der Waals surface area (Å²) in [4.78, 5) is 7.33. The van der Waals surface area contributed by atoms with Gasteiger partial charge in [0.25, 0.3) is 0 Å². The van der Waals surface area contributed by atoms with Crippen molar-refractivity contribution in [1.29, 1.82) is 0 Å². The lowest BCUT2D eigenvalue weighted by Gasteiger charge is -2.32. The van der Waals surface area contributed by atoms with E-state index in [1.165, 1.54) is 55.5 Å². The van der Waals surface area contributed by atoms with Crippen molar-refractivity contribution in [2.24, 2.45) is 10.9 Å². The first kappa shape index (κ1) is 14.8. The molecule has 3 rings (SSSR count). The lowest BCUT2D eigenvalue weighted by molar-refractivity contribution is 0.184. The Labute approximate surface area is 129 Å². The van der Waals surface area contributed by atoms with Crippen LogP contribution in [0.1, 0.15) is 50.2 Å². The topological polar surface area (TPSA) is 15.6 Å². The van der Waals surface area contributed by atoms with Crippen molar-refractivity contribution in [2.45, 2.75) is 51.5 Å². The highest BCUT2D eigenvalue weighted by Crippen LogP contribution is 2.22. The number of likely N-dealkylation sites (N-methyl/N-ethyl adjacent to an activating group) is 1. The molecule has 1 aromatic carbocycles. The lowest BCUT2D eigenvalue weighted by Crippen LogP contribution is -2.37. The second-order valence-electron chi connectivity index (χ2n) is 6.97. The summed E-state index contributed by atoms with van der Waals surface area (Å²) >= 11 is 0. The zero-order valence-corrected chi connectivity index (χ0v) is 13.5. The molecule has 0 radical (unpaired) electrons. The van der Waals surface area contributed by atoms with Gasteiger partial charge in [-0.3, -0.25) is 4.99 Å². The zero-order valence-electron chi connectivity index (χ0n) is 13.5. The highest BCUT2D eigenvalue weighted by Gasteiger charge is 2.19. The fourth-order valence-electron chi connectivity index (χ4n) is 3.61. The van der Waals surface area contributed by atoms with Gasteiger partial charge in [0.15, 0.2) is 0 Å². The molecule has 0 spiro atoms. The fraction of sp³-hybridized carbons (Fsp3) is 0.632. The van der Waals surface area contributed by atoms with E-state index in [1.54, 1.807) is 0 Å². The van der Waals surface area contributed by atoms with Gasteiger partial charge in [0.2, 0.25) is 0 Å². The number of rotatable bonds is 3. The Morgan fingerprint density at radius 2 is 2.14 bits per heavy atom. The van der Waals surface area contributed by atoms with Crippen LogP contribution in [0.4, 0.5) is 0 Å². The van der Waals surface area contributed by atoms with Gasteiger partial charge in [-0.1, -0.05) is 31.5 Å². The molecular formula is C19H28N2. The molecule has 0 bridgehead atoms. The third-order valence-electron chi connectivity index (χ3n) is 5.12. The molecule has 0 saturated carbocycles. The first-order chi connectivity index (χ1) is 10.2. The summed E-state index contributed by atoms with van der Waals surface area (Å²) in [6.45, 7) is 4.56. The minimum Gasteiger partial charge on any atom is -0.303 e. The van der Waals surface area contributed by atoms with Crippen molar-refractivity contribution >= 4 is 5.71 Å². The maximum Gasteiger partial charge on any atom is 0.0420 e. The Kier molecular flexibility index (Phi) is 4.74.